The van der Waals surface area contributed by atoms with Gasteiger partial charge in [-0.1, -0.05) is 27.7 Å². The summed E-state index contributed by atoms with van der Waals surface area (Å²) >= 11 is 0. The van der Waals surface area contributed by atoms with Crippen molar-refractivity contribution in [3.63, 3.8) is 0 Å². The highest BCUT2D eigenvalue weighted by atomic mass is 16.1. The highest BCUT2D eigenvalue weighted by Crippen LogP contribution is 2.29. The van der Waals surface area contributed by atoms with Gasteiger partial charge in [-0.15, -0.1) is 0 Å². The summed E-state index contributed by atoms with van der Waals surface area (Å²) in [7, 11) is 0. The number of nitrogens with zero attached hydrogens (tertiary/aromatic N) is 3. The van der Waals surface area contributed by atoms with Crippen LogP contribution >= 0.6 is 0 Å². The fourth-order valence-corrected chi connectivity index (χ4v) is 3.60. The maximum Gasteiger partial charge on any atom is 0.252 e. The molecule has 3 aromatic rings. The van der Waals surface area contributed by atoms with E-state index in [0.29, 0.717) is 6.04 Å². The van der Waals surface area contributed by atoms with Crippen LogP contribution in [0, 0.1) is 25.2 Å². The normalized spacial score (nSPS) is 12.7. The molecule has 1 aromatic carbocycles. The molecule has 0 bridgehead atoms. The summed E-state index contributed by atoms with van der Waals surface area (Å²) < 4.78 is 2.02. The second-order valence-corrected chi connectivity index (χ2v) is 8.26. The van der Waals surface area contributed by atoms with Crippen LogP contribution in [0.25, 0.3) is 16.9 Å². The Kier molecular flexibility index (Phi) is 8.21. The molecule has 5 heteroatoms. The number of aromatic nitrogens is 2. The molecule has 2 heterocycles. The van der Waals surface area contributed by atoms with E-state index < -0.39 is 5.41 Å². The highest BCUT2D eigenvalue weighted by Gasteiger charge is 2.25. The summed E-state index contributed by atoms with van der Waals surface area (Å²) in [6.07, 6.45) is 5.96. The molecular formula is C27H36N4O. The summed E-state index contributed by atoms with van der Waals surface area (Å²) in [5, 5.41) is 12.5. The van der Waals surface area contributed by atoms with Crippen LogP contribution in [-0.4, -0.2) is 21.3 Å². The van der Waals surface area contributed by atoms with Crippen LogP contribution in [0.3, 0.4) is 0 Å². The van der Waals surface area contributed by atoms with E-state index in [0.717, 1.165) is 52.0 Å². The number of nitriles is 1. The van der Waals surface area contributed by atoms with Crippen LogP contribution in [0.15, 0.2) is 36.7 Å². The lowest BCUT2D eigenvalue weighted by atomic mass is 9.87. The number of benzene rings is 1. The number of amides is 1. The van der Waals surface area contributed by atoms with E-state index in [9.17, 15) is 10.1 Å². The smallest absolute Gasteiger partial charge is 0.252 e. The van der Waals surface area contributed by atoms with Gasteiger partial charge in [0, 0.05) is 23.4 Å². The van der Waals surface area contributed by atoms with Crippen molar-refractivity contribution < 1.29 is 4.79 Å². The van der Waals surface area contributed by atoms with Gasteiger partial charge in [0.05, 0.1) is 23.4 Å². The molecule has 0 saturated heterocycles. The Bertz CT molecular complexity index is 1110. The summed E-state index contributed by atoms with van der Waals surface area (Å²) in [5.41, 5.74) is 5.88. The minimum absolute atomic E-state index is 0.0190. The van der Waals surface area contributed by atoms with Crippen LogP contribution < -0.4 is 5.32 Å². The molecule has 2 aromatic heterocycles. The number of carbonyl (C=O) groups excluding carboxylic acids is 1. The van der Waals surface area contributed by atoms with E-state index in [1.54, 1.807) is 0 Å². The van der Waals surface area contributed by atoms with Crippen molar-refractivity contribution in [1.82, 2.24) is 14.7 Å². The molecule has 1 amide bonds. The van der Waals surface area contributed by atoms with Gasteiger partial charge >= 0.3 is 0 Å². The molecule has 0 spiro atoms. The minimum Gasteiger partial charge on any atom is -0.349 e. The lowest BCUT2D eigenvalue weighted by Crippen LogP contribution is -2.26. The molecule has 5 nitrogen and oxygen atoms in total. The first kappa shape index (κ1) is 25.1. The van der Waals surface area contributed by atoms with Gasteiger partial charge in [0.15, 0.2) is 0 Å². The van der Waals surface area contributed by atoms with Gasteiger partial charge < -0.3 is 5.32 Å². The maximum absolute atomic E-state index is 12.6. The van der Waals surface area contributed by atoms with Crippen molar-refractivity contribution >= 4 is 11.6 Å². The molecule has 1 N–H and O–H groups in total. The van der Waals surface area contributed by atoms with Gasteiger partial charge in [0.1, 0.15) is 5.65 Å². The van der Waals surface area contributed by atoms with Crippen molar-refractivity contribution in [2.75, 3.05) is 0 Å². The molecule has 0 aliphatic heterocycles. The van der Waals surface area contributed by atoms with Crippen molar-refractivity contribution in [2.45, 2.75) is 79.7 Å². The van der Waals surface area contributed by atoms with E-state index in [1.165, 1.54) is 0 Å². The number of hydrogen-bond acceptors (Lipinski definition) is 3. The molecule has 0 radical (unpaired) electrons. The minimum atomic E-state index is -0.558. The molecule has 32 heavy (non-hydrogen) atoms. The van der Waals surface area contributed by atoms with Gasteiger partial charge in [-0.3, -0.25) is 9.20 Å². The lowest BCUT2D eigenvalue weighted by molar-refractivity contribution is 0.0950. The zero-order valence-electron chi connectivity index (χ0n) is 20.7. The maximum atomic E-state index is 12.6. The molecule has 1 aliphatic rings. The van der Waals surface area contributed by atoms with Gasteiger partial charge in [0.2, 0.25) is 0 Å². The predicted molar refractivity (Wildman–Crippen MR) is 132 cm³/mol. The predicted octanol–water partition coefficient (Wildman–Crippen LogP) is 6.36. The van der Waals surface area contributed by atoms with Crippen LogP contribution in [0.4, 0.5) is 0 Å². The molecular weight excluding hydrogens is 396 g/mol. The second-order valence-electron chi connectivity index (χ2n) is 8.26. The Morgan fingerprint density at radius 2 is 1.72 bits per heavy atom. The van der Waals surface area contributed by atoms with Crippen LogP contribution in [0.2, 0.25) is 0 Å². The van der Waals surface area contributed by atoms with E-state index in [2.05, 4.69) is 16.4 Å². The molecule has 170 valence electrons. The largest absolute Gasteiger partial charge is 0.349 e. The molecule has 4 rings (SSSR count). The summed E-state index contributed by atoms with van der Waals surface area (Å²) in [4.78, 5) is 17.1. The summed E-state index contributed by atoms with van der Waals surface area (Å²) in [6.45, 7) is 15.8. The topological polar surface area (TPSA) is 70.2 Å². The fraction of sp³-hybridized carbons (Fsp3) is 0.444. The van der Waals surface area contributed by atoms with Gasteiger partial charge in [0.25, 0.3) is 5.91 Å². The lowest BCUT2D eigenvalue weighted by Gasteiger charge is -2.16. The first-order valence-electron chi connectivity index (χ1n) is 11.6. The van der Waals surface area contributed by atoms with Crippen molar-refractivity contribution in [2.24, 2.45) is 0 Å². The zero-order valence-corrected chi connectivity index (χ0v) is 20.7. The number of nitrogens with one attached hydrogen (secondary N) is 1. The van der Waals surface area contributed by atoms with Crippen LogP contribution in [0.5, 0.6) is 0 Å². The van der Waals surface area contributed by atoms with Gasteiger partial charge in [-0.2, -0.15) is 5.26 Å². The highest BCUT2D eigenvalue weighted by molar-refractivity contribution is 5.98. The van der Waals surface area contributed by atoms with Gasteiger partial charge in [-0.05, 0) is 81.5 Å². The van der Waals surface area contributed by atoms with E-state index in [1.807, 2.05) is 96.4 Å². The third-order valence-corrected chi connectivity index (χ3v) is 5.48. The summed E-state index contributed by atoms with van der Waals surface area (Å²) in [5.74, 6) is 0.0190. The Morgan fingerprint density at radius 3 is 2.25 bits per heavy atom. The number of fused-ring (bicyclic) bond motifs is 1. The third kappa shape index (κ3) is 5.19. The van der Waals surface area contributed by atoms with Crippen molar-refractivity contribution in [3.05, 3.63) is 58.9 Å². The first-order valence-corrected chi connectivity index (χ1v) is 11.6. The zero-order chi connectivity index (χ0) is 24.1. The number of hydrogen-bond donors (Lipinski definition) is 1. The first-order chi connectivity index (χ1) is 15.3. The van der Waals surface area contributed by atoms with Gasteiger partial charge in [-0.25, -0.2) is 4.98 Å². The Morgan fingerprint density at radius 1 is 1.12 bits per heavy atom. The summed E-state index contributed by atoms with van der Waals surface area (Å²) in [6, 6.07) is 10.7. The molecule has 0 unspecified atom stereocenters. The van der Waals surface area contributed by atoms with E-state index >= 15 is 0 Å². The van der Waals surface area contributed by atoms with Crippen molar-refractivity contribution in [1.29, 1.82) is 5.26 Å². The Labute approximate surface area is 192 Å². The number of pyridine rings is 1. The van der Waals surface area contributed by atoms with Crippen molar-refractivity contribution in [3.8, 4) is 17.3 Å². The quantitative estimate of drug-likeness (QED) is 0.521. The Hall–Kier alpha value is -3.13. The molecule has 1 aliphatic carbocycles. The molecule has 0 atom stereocenters. The Balaban J connectivity index is 0.000000860. The number of rotatable bonds is 4. The van der Waals surface area contributed by atoms with Crippen LogP contribution in [0.1, 0.15) is 81.4 Å². The average molecular weight is 433 g/mol. The monoisotopic (exact) mass is 432 g/mol. The molecule has 1 saturated carbocycles. The van der Waals surface area contributed by atoms with E-state index in [4.69, 9.17) is 0 Å². The number of carbonyl (C=O) groups is 1. The number of imidazole rings is 1. The molecule has 1 fully saturated rings. The average Bonchev–Trinajstić information content (AvgIpc) is 3.50. The third-order valence-electron chi connectivity index (χ3n) is 5.48. The fourth-order valence-electron chi connectivity index (χ4n) is 3.60. The standard InChI is InChI=1S/C23H24N4O.2C2H6/c1-14-9-16(10-15(2)21(14)22(28)26-18-5-6-18)19-12-25-20-11-17(7-8-27(19)20)23(3,4)13-24;2*1-2/h7-12,18H,5-6H2,1-4H3,(H,26,28);2*1-2H3. The SMILES string of the molecule is CC.CC.Cc1cc(-c2cnc3cc(C(C)(C)C#N)ccn23)cc(C)c1C(=O)NC1CC1. The van der Waals surface area contributed by atoms with E-state index in [-0.39, 0.29) is 5.91 Å². The second kappa shape index (κ2) is 10.5. The number of aryl methyl sites for hydroxylation is 2. The van der Waals surface area contributed by atoms with Crippen LogP contribution in [-0.2, 0) is 5.41 Å².